The van der Waals surface area contributed by atoms with Gasteiger partial charge in [-0.2, -0.15) is 0 Å². The van der Waals surface area contributed by atoms with E-state index in [2.05, 4.69) is 43.6 Å². The third kappa shape index (κ3) is 6.82. The second kappa shape index (κ2) is 5.15. The predicted molar refractivity (Wildman–Crippen MR) is 53.3 cm³/mol. The third-order valence-corrected chi connectivity index (χ3v) is 3.11. The van der Waals surface area contributed by atoms with Gasteiger partial charge >= 0.3 is 0 Å². The van der Waals surface area contributed by atoms with Crippen LogP contribution in [-0.4, -0.2) is 18.0 Å². The molecular formula is C9H19BrO. The molecule has 0 fully saturated rings. The van der Waals surface area contributed by atoms with Crippen LogP contribution in [0.4, 0.5) is 0 Å². The van der Waals surface area contributed by atoms with Crippen molar-refractivity contribution in [3.05, 3.63) is 0 Å². The van der Waals surface area contributed by atoms with Crippen LogP contribution in [0.2, 0.25) is 0 Å². The summed E-state index contributed by atoms with van der Waals surface area (Å²) >= 11 is 3.48. The maximum atomic E-state index is 5.46. The van der Waals surface area contributed by atoms with Gasteiger partial charge in [-0.3, -0.25) is 0 Å². The van der Waals surface area contributed by atoms with Gasteiger partial charge in [-0.1, -0.05) is 29.8 Å². The van der Waals surface area contributed by atoms with Gasteiger partial charge in [0.2, 0.25) is 0 Å². The zero-order valence-corrected chi connectivity index (χ0v) is 9.57. The van der Waals surface area contributed by atoms with Crippen LogP contribution in [0.5, 0.6) is 0 Å². The molecule has 0 heterocycles. The summed E-state index contributed by atoms with van der Waals surface area (Å²) in [5.41, 5.74) is 0.370. The van der Waals surface area contributed by atoms with E-state index >= 15 is 0 Å². The fourth-order valence-corrected chi connectivity index (χ4v) is 0.918. The maximum absolute atomic E-state index is 5.46. The van der Waals surface area contributed by atoms with E-state index in [1.807, 2.05) is 0 Å². The highest BCUT2D eigenvalue weighted by molar-refractivity contribution is 9.09. The lowest BCUT2D eigenvalue weighted by Crippen LogP contribution is -2.17. The number of ether oxygens (including phenoxy) is 1. The zero-order chi connectivity index (χ0) is 8.91. The highest BCUT2D eigenvalue weighted by Crippen LogP contribution is 2.22. The molecule has 0 aromatic carbocycles. The summed E-state index contributed by atoms with van der Waals surface area (Å²) < 4.78 is 5.46. The number of hydrogen-bond donors (Lipinski definition) is 0. The maximum Gasteiger partial charge on any atom is 0.0518 e. The Morgan fingerprint density at radius 1 is 1.36 bits per heavy atom. The van der Waals surface area contributed by atoms with Crippen molar-refractivity contribution in [2.45, 2.75) is 40.2 Å². The van der Waals surface area contributed by atoms with Crippen molar-refractivity contribution in [1.82, 2.24) is 0 Å². The first kappa shape index (κ1) is 11.4. The van der Waals surface area contributed by atoms with E-state index in [-0.39, 0.29) is 0 Å². The summed E-state index contributed by atoms with van der Waals surface area (Å²) in [6.45, 7) is 9.50. The molecule has 68 valence electrons. The average molecular weight is 223 g/mol. The largest absolute Gasteiger partial charge is 0.379 e. The van der Waals surface area contributed by atoms with E-state index in [1.165, 1.54) is 0 Å². The summed E-state index contributed by atoms with van der Waals surface area (Å²) in [6, 6.07) is 0. The summed E-state index contributed by atoms with van der Waals surface area (Å²) in [7, 11) is 0. The molecule has 0 unspecified atom stereocenters. The lowest BCUT2D eigenvalue weighted by molar-refractivity contribution is 0.0612. The topological polar surface area (TPSA) is 9.23 Å². The van der Waals surface area contributed by atoms with Crippen LogP contribution >= 0.6 is 15.9 Å². The Morgan fingerprint density at radius 2 is 1.91 bits per heavy atom. The second-order valence-electron chi connectivity index (χ2n) is 3.97. The van der Waals surface area contributed by atoms with E-state index in [4.69, 9.17) is 4.74 Å². The van der Waals surface area contributed by atoms with Crippen molar-refractivity contribution in [3.63, 3.8) is 0 Å². The summed E-state index contributed by atoms with van der Waals surface area (Å²) in [4.78, 5) is 0. The highest BCUT2D eigenvalue weighted by atomic mass is 79.9. The quantitative estimate of drug-likeness (QED) is 0.650. The molecule has 0 aliphatic carbocycles. The molecule has 0 aliphatic heterocycles. The summed E-state index contributed by atoms with van der Waals surface area (Å²) in [6.07, 6.45) is 1.48. The van der Waals surface area contributed by atoms with Gasteiger partial charge in [-0.25, -0.2) is 0 Å². The third-order valence-electron chi connectivity index (χ3n) is 1.59. The van der Waals surface area contributed by atoms with Crippen molar-refractivity contribution in [1.29, 1.82) is 0 Å². The van der Waals surface area contributed by atoms with Crippen molar-refractivity contribution >= 4 is 15.9 Å². The van der Waals surface area contributed by atoms with Gasteiger partial charge < -0.3 is 4.74 Å². The molecule has 0 saturated carbocycles. The Kier molecular flexibility index (Phi) is 5.36. The van der Waals surface area contributed by atoms with E-state index in [1.54, 1.807) is 0 Å². The Labute approximate surface area is 78.6 Å². The lowest BCUT2D eigenvalue weighted by atomic mass is 9.93. The number of rotatable bonds is 5. The predicted octanol–water partition coefficient (Wildman–Crippen LogP) is 3.22. The minimum atomic E-state index is 0.362. The Morgan fingerprint density at radius 3 is 2.27 bits per heavy atom. The zero-order valence-electron chi connectivity index (χ0n) is 7.98. The summed E-state index contributed by atoms with van der Waals surface area (Å²) in [5, 5.41) is 1.04. The van der Waals surface area contributed by atoms with Gasteiger partial charge in [-0.15, -0.1) is 0 Å². The Balaban J connectivity index is 3.38. The van der Waals surface area contributed by atoms with Crippen LogP contribution in [0.15, 0.2) is 0 Å². The lowest BCUT2D eigenvalue weighted by Gasteiger charge is -2.21. The Hall–Kier alpha value is 0.440. The van der Waals surface area contributed by atoms with Gasteiger partial charge in [0, 0.05) is 11.9 Å². The molecule has 0 spiro atoms. The molecule has 0 bridgehead atoms. The highest BCUT2D eigenvalue weighted by Gasteiger charge is 2.15. The molecule has 0 rings (SSSR count). The fourth-order valence-electron chi connectivity index (χ4n) is 0.638. The van der Waals surface area contributed by atoms with Crippen molar-refractivity contribution in [2.75, 3.05) is 11.9 Å². The SMILES string of the molecule is CC(C)OCCC(C)(C)CBr. The first-order valence-corrected chi connectivity index (χ1v) is 5.27. The van der Waals surface area contributed by atoms with Gasteiger partial charge in [0.25, 0.3) is 0 Å². The number of halogens is 1. The minimum Gasteiger partial charge on any atom is -0.379 e. The standard InChI is InChI=1S/C9H19BrO/c1-8(2)11-6-5-9(3,4)7-10/h8H,5-7H2,1-4H3. The van der Waals surface area contributed by atoms with E-state index in [0.29, 0.717) is 11.5 Å². The molecule has 0 aromatic heterocycles. The molecule has 0 atom stereocenters. The molecule has 0 amide bonds. The molecule has 0 saturated heterocycles. The van der Waals surface area contributed by atoms with Gasteiger partial charge in [-0.05, 0) is 25.7 Å². The van der Waals surface area contributed by atoms with Crippen molar-refractivity contribution in [2.24, 2.45) is 5.41 Å². The molecule has 1 nitrogen and oxygen atoms in total. The molecule has 2 heteroatoms. The van der Waals surface area contributed by atoms with Crippen LogP contribution < -0.4 is 0 Å². The van der Waals surface area contributed by atoms with Gasteiger partial charge in [0.05, 0.1) is 6.10 Å². The van der Waals surface area contributed by atoms with E-state index in [0.717, 1.165) is 18.4 Å². The molecule has 11 heavy (non-hydrogen) atoms. The van der Waals surface area contributed by atoms with Crippen LogP contribution in [0, 0.1) is 5.41 Å². The van der Waals surface area contributed by atoms with E-state index in [9.17, 15) is 0 Å². The number of hydrogen-bond acceptors (Lipinski definition) is 1. The molecule has 0 aromatic rings. The van der Waals surface area contributed by atoms with Crippen LogP contribution in [0.3, 0.4) is 0 Å². The van der Waals surface area contributed by atoms with Crippen LogP contribution in [0.1, 0.15) is 34.1 Å². The first-order valence-electron chi connectivity index (χ1n) is 4.15. The van der Waals surface area contributed by atoms with E-state index < -0.39 is 0 Å². The molecule has 0 N–H and O–H groups in total. The monoisotopic (exact) mass is 222 g/mol. The van der Waals surface area contributed by atoms with Crippen molar-refractivity contribution in [3.8, 4) is 0 Å². The summed E-state index contributed by atoms with van der Waals surface area (Å²) in [5.74, 6) is 0. The smallest absolute Gasteiger partial charge is 0.0518 e. The normalized spacial score (nSPS) is 12.5. The Bertz CT molecular complexity index is 99.7. The van der Waals surface area contributed by atoms with Gasteiger partial charge in [0.15, 0.2) is 0 Å². The molecule has 0 aliphatic rings. The van der Waals surface area contributed by atoms with Gasteiger partial charge in [0.1, 0.15) is 0 Å². The minimum absolute atomic E-state index is 0.362. The van der Waals surface area contributed by atoms with Crippen LogP contribution in [0.25, 0.3) is 0 Å². The first-order chi connectivity index (χ1) is 4.98. The fraction of sp³-hybridized carbons (Fsp3) is 1.00. The average Bonchev–Trinajstić information content (AvgIpc) is 1.87. The van der Waals surface area contributed by atoms with Crippen molar-refractivity contribution < 1.29 is 4.74 Å². The molecule has 0 radical (unpaired) electrons. The number of alkyl halides is 1. The van der Waals surface area contributed by atoms with Crippen LogP contribution in [-0.2, 0) is 4.74 Å². The molecular weight excluding hydrogens is 204 g/mol. The second-order valence-corrected chi connectivity index (χ2v) is 4.53.